The van der Waals surface area contributed by atoms with Crippen LogP contribution in [0.3, 0.4) is 0 Å². The summed E-state index contributed by atoms with van der Waals surface area (Å²) in [6, 6.07) is 17.9. The van der Waals surface area contributed by atoms with E-state index < -0.39 is 0 Å². The first-order valence-electron chi connectivity index (χ1n) is 8.20. The highest BCUT2D eigenvalue weighted by Crippen LogP contribution is 2.52. The van der Waals surface area contributed by atoms with E-state index in [9.17, 15) is 0 Å². The van der Waals surface area contributed by atoms with Crippen LogP contribution in [0.4, 0.5) is 0 Å². The van der Waals surface area contributed by atoms with E-state index in [-0.39, 0.29) is 5.41 Å². The maximum Gasteiger partial charge on any atom is 0.0394 e. The predicted molar refractivity (Wildman–Crippen MR) is 91.6 cm³/mol. The van der Waals surface area contributed by atoms with Gasteiger partial charge in [-0.2, -0.15) is 0 Å². The Kier molecular flexibility index (Phi) is 3.96. The summed E-state index contributed by atoms with van der Waals surface area (Å²) in [5, 5.41) is 0. The standard InChI is InChI=1S/C21H24/c1-3-5-15-21(16-6-4-2)19-13-9-7-11-17(19)18-12-8-10-14-20(18)21/h5,7-15H,3-4,6,16H2,1-2H3. The van der Waals surface area contributed by atoms with E-state index in [0.717, 1.165) is 6.42 Å². The summed E-state index contributed by atoms with van der Waals surface area (Å²) in [6.07, 6.45) is 9.61. The molecule has 0 nitrogen and oxygen atoms in total. The first kappa shape index (κ1) is 14.1. The van der Waals surface area contributed by atoms with E-state index in [1.807, 2.05) is 0 Å². The molecule has 0 N–H and O–H groups in total. The van der Waals surface area contributed by atoms with E-state index in [1.54, 1.807) is 0 Å². The first-order chi connectivity index (χ1) is 10.3. The van der Waals surface area contributed by atoms with Gasteiger partial charge in [-0.05, 0) is 35.1 Å². The summed E-state index contributed by atoms with van der Waals surface area (Å²) in [5.74, 6) is 0. The fraction of sp³-hybridized carbons (Fsp3) is 0.333. The Labute approximate surface area is 128 Å². The lowest BCUT2D eigenvalue weighted by Gasteiger charge is -2.29. The van der Waals surface area contributed by atoms with Crippen LogP contribution < -0.4 is 0 Å². The van der Waals surface area contributed by atoms with Gasteiger partial charge in [0.2, 0.25) is 0 Å². The molecule has 0 aliphatic heterocycles. The summed E-state index contributed by atoms with van der Waals surface area (Å²) in [4.78, 5) is 0. The molecule has 0 saturated carbocycles. The van der Waals surface area contributed by atoms with E-state index in [2.05, 4.69) is 74.5 Å². The summed E-state index contributed by atoms with van der Waals surface area (Å²) in [7, 11) is 0. The lowest BCUT2D eigenvalue weighted by atomic mass is 9.74. The largest absolute Gasteiger partial charge is 0.0876 e. The highest BCUT2D eigenvalue weighted by molar-refractivity contribution is 5.82. The highest BCUT2D eigenvalue weighted by Gasteiger charge is 2.39. The van der Waals surface area contributed by atoms with Crippen molar-refractivity contribution < 1.29 is 0 Å². The maximum atomic E-state index is 2.47. The van der Waals surface area contributed by atoms with Crippen molar-refractivity contribution in [3.63, 3.8) is 0 Å². The maximum absolute atomic E-state index is 2.47. The Balaban J connectivity index is 2.24. The van der Waals surface area contributed by atoms with Crippen LogP contribution in [0.25, 0.3) is 11.1 Å². The monoisotopic (exact) mass is 276 g/mol. The average Bonchev–Trinajstić information content (AvgIpc) is 2.82. The van der Waals surface area contributed by atoms with Crippen molar-refractivity contribution in [1.82, 2.24) is 0 Å². The SMILES string of the molecule is CCC=CC1(CCCC)c2ccccc2-c2ccccc21. The lowest BCUT2D eigenvalue weighted by Crippen LogP contribution is -2.22. The smallest absolute Gasteiger partial charge is 0.0394 e. The molecule has 1 aliphatic carbocycles. The van der Waals surface area contributed by atoms with Gasteiger partial charge in [-0.25, -0.2) is 0 Å². The zero-order valence-corrected chi connectivity index (χ0v) is 13.1. The van der Waals surface area contributed by atoms with Gasteiger partial charge in [0.25, 0.3) is 0 Å². The van der Waals surface area contributed by atoms with Crippen molar-refractivity contribution in [3.05, 3.63) is 71.8 Å². The number of hydrogen-bond donors (Lipinski definition) is 0. The number of unbranched alkanes of at least 4 members (excludes halogenated alkanes) is 1. The molecule has 0 aromatic heterocycles. The molecule has 0 heterocycles. The summed E-state index contributed by atoms with van der Waals surface area (Å²) >= 11 is 0. The molecule has 0 amide bonds. The van der Waals surface area contributed by atoms with Gasteiger partial charge < -0.3 is 0 Å². The van der Waals surface area contributed by atoms with Crippen LogP contribution in [0.15, 0.2) is 60.7 Å². The van der Waals surface area contributed by atoms with E-state index in [4.69, 9.17) is 0 Å². The Hall–Kier alpha value is -1.82. The molecule has 0 fully saturated rings. The molecular weight excluding hydrogens is 252 g/mol. The fourth-order valence-electron chi connectivity index (χ4n) is 3.67. The normalized spacial score (nSPS) is 15.1. The molecule has 0 bridgehead atoms. The summed E-state index contributed by atoms with van der Waals surface area (Å²) in [6.45, 7) is 4.50. The number of fused-ring (bicyclic) bond motifs is 3. The zero-order chi connectivity index (χ0) is 14.7. The van der Waals surface area contributed by atoms with Gasteiger partial charge in [0.15, 0.2) is 0 Å². The molecular formula is C21H24. The van der Waals surface area contributed by atoms with Gasteiger partial charge >= 0.3 is 0 Å². The minimum atomic E-state index is 0.0825. The van der Waals surface area contributed by atoms with Crippen molar-refractivity contribution in [2.75, 3.05) is 0 Å². The van der Waals surface area contributed by atoms with Crippen molar-refractivity contribution in [2.24, 2.45) is 0 Å². The van der Waals surface area contributed by atoms with Crippen LogP contribution >= 0.6 is 0 Å². The molecule has 21 heavy (non-hydrogen) atoms. The molecule has 0 heteroatoms. The summed E-state index contributed by atoms with van der Waals surface area (Å²) in [5.41, 5.74) is 5.91. The molecule has 0 atom stereocenters. The minimum Gasteiger partial charge on any atom is -0.0876 e. The van der Waals surface area contributed by atoms with Crippen LogP contribution in [0.2, 0.25) is 0 Å². The van der Waals surface area contributed by atoms with Gasteiger partial charge in [0, 0.05) is 5.41 Å². The summed E-state index contributed by atoms with van der Waals surface area (Å²) < 4.78 is 0. The molecule has 1 aliphatic rings. The molecule has 3 rings (SSSR count). The molecule has 0 unspecified atom stereocenters. The zero-order valence-electron chi connectivity index (χ0n) is 13.1. The van der Waals surface area contributed by atoms with Crippen molar-refractivity contribution in [3.8, 4) is 11.1 Å². The van der Waals surface area contributed by atoms with Crippen molar-refractivity contribution in [1.29, 1.82) is 0 Å². The average molecular weight is 276 g/mol. The Morgan fingerprint density at radius 2 is 1.43 bits per heavy atom. The quantitative estimate of drug-likeness (QED) is 0.578. The number of rotatable bonds is 5. The van der Waals surface area contributed by atoms with E-state index in [1.165, 1.54) is 41.5 Å². The van der Waals surface area contributed by atoms with Crippen LogP contribution in [0.5, 0.6) is 0 Å². The highest BCUT2D eigenvalue weighted by atomic mass is 14.4. The van der Waals surface area contributed by atoms with Crippen molar-refractivity contribution in [2.45, 2.75) is 44.9 Å². The van der Waals surface area contributed by atoms with Gasteiger partial charge in [-0.15, -0.1) is 0 Å². The fourth-order valence-corrected chi connectivity index (χ4v) is 3.67. The second-order valence-electron chi connectivity index (χ2n) is 5.98. The third kappa shape index (κ3) is 2.23. The topological polar surface area (TPSA) is 0 Å². The van der Waals surface area contributed by atoms with Gasteiger partial charge in [0.05, 0.1) is 0 Å². The van der Waals surface area contributed by atoms with E-state index in [0.29, 0.717) is 0 Å². The Bertz CT molecular complexity index is 603. The molecule has 0 spiro atoms. The first-order valence-corrected chi connectivity index (χ1v) is 8.20. The van der Waals surface area contributed by atoms with Crippen molar-refractivity contribution >= 4 is 0 Å². The van der Waals surface area contributed by atoms with Crippen LogP contribution in [-0.2, 0) is 5.41 Å². The van der Waals surface area contributed by atoms with Crippen LogP contribution in [-0.4, -0.2) is 0 Å². The molecule has 2 aromatic rings. The predicted octanol–water partition coefficient (Wildman–Crippen LogP) is 6.11. The third-order valence-corrected chi connectivity index (χ3v) is 4.67. The Morgan fingerprint density at radius 3 is 1.95 bits per heavy atom. The lowest BCUT2D eigenvalue weighted by molar-refractivity contribution is 0.554. The van der Waals surface area contributed by atoms with Gasteiger partial charge in [0.1, 0.15) is 0 Å². The van der Waals surface area contributed by atoms with Gasteiger partial charge in [-0.3, -0.25) is 0 Å². The molecule has 0 saturated heterocycles. The van der Waals surface area contributed by atoms with Crippen LogP contribution in [0, 0.1) is 0 Å². The minimum absolute atomic E-state index is 0.0825. The van der Waals surface area contributed by atoms with Gasteiger partial charge in [-0.1, -0.05) is 87.4 Å². The second-order valence-corrected chi connectivity index (χ2v) is 5.98. The number of benzene rings is 2. The van der Waals surface area contributed by atoms with E-state index >= 15 is 0 Å². The second kappa shape index (κ2) is 5.89. The van der Waals surface area contributed by atoms with Crippen LogP contribution in [0.1, 0.15) is 50.7 Å². The number of allylic oxidation sites excluding steroid dienone is 2. The third-order valence-electron chi connectivity index (χ3n) is 4.67. The molecule has 0 radical (unpaired) electrons. The molecule has 108 valence electrons. The number of hydrogen-bond acceptors (Lipinski definition) is 0. The molecule has 2 aromatic carbocycles. The Morgan fingerprint density at radius 1 is 0.857 bits per heavy atom.